The number of methoxy groups -OCH3 is 1. The summed E-state index contributed by atoms with van der Waals surface area (Å²) in [6.07, 6.45) is 2.10. The number of hydrogen-bond donors (Lipinski definition) is 1. The Kier molecular flexibility index (Phi) is 7.15. The van der Waals surface area contributed by atoms with Gasteiger partial charge >= 0.3 is 0 Å². The molecule has 1 aliphatic heterocycles. The molecule has 1 fully saturated rings. The summed E-state index contributed by atoms with van der Waals surface area (Å²) < 4.78 is 32.7. The van der Waals surface area contributed by atoms with Gasteiger partial charge < -0.3 is 10.1 Å². The van der Waals surface area contributed by atoms with E-state index >= 15 is 0 Å². The van der Waals surface area contributed by atoms with Crippen LogP contribution in [0.4, 0.5) is 0 Å². The molecule has 1 saturated heterocycles. The molecule has 6 nitrogen and oxygen atoms in total. The summed E-state index contributed by atoms with van der Waals surface area (Å²) in [5, 5.41) is 3.11. The first-order chi connectivity index (χ1) is 14.3. The summed E-state index contributed by atoms with van der Waals surface area (Å²) in [4.78, 5) is 13.2. The van der Waals surface area contributed by atoms with Gasteiger partial charge in [-0.2, -0.15) is 4.31 Å². The van der Waals surface area contributed by atoms with E-state index in [0.717, 1.165) is 23.3 Å². The maximum Gasteiger partial charge on any atom is 0.243 e. The molecule has 0 saturated carbocycles. The van der Waals surface area contributed by atoms with Crippen molar-refractivity contribution in [3.8, 4) is 5.75 Å². The third kappa shape index (κ3) is 5.02. The molecule has 0 spiro atoms. The Labute approximate surface area is 179 Å². The van der Waals surface area contributed by atoms with Crippen molar-refractivity contribution in [1.82, 2.24) is 9.62 Å². The number of hydrogen-bond acceptors (Lipinski definition) is 4. The number of aryl methyl sites for hydroxylation is 1. The van der Waals surface area contributed by atoms with Gasteiger partial charge in [0, 0.05) is 13.1 Å². The molecule has 2 aromatic rings. The number of carbonyl (C=O) groups excluding carboxylic acids is 1. The van der Waals surface area contributed by atoms with Gasteiger partial charge in [0.05, 0.1) is 24.0 Å². The number of carbonyl (C=O) groups is 1. The Bertz CT molecular complexity index is 956. The van der Waals surface area contributed by atoms with Crippen LogP contribution >= 0.6 is 0 Å². The molecule has 1 aliphatic rings. The standard InChI is InChI=1S/C23H30N2O4S/c1-4-22(18-9-11-20(29-3)12-10-18)24-23(26)19-6-5-15-25(16-19)30(27,28)21-13-7-17(2)8-14-21/h7-14,19,22H,4-6,15-16H2,1-3H3,(H,24,26)/t19-,22-/m0/s1. The van der Waals surface area contributed by atoms with Gasteiger partial charge in [-0.05, 0) is 56.0 Å². The third-order valence-corrected chi connectivity index (χ3v) is 7.54. The maximum atomic E-state index is 13.0. The van der Waals surface area contributed by atoms with Crippen molar-refractivity contribution in [1.29, 1.82) is 0 Å². The molecule has 0 unspecified atom stereocenters. The highest BCUT2D eigenvalue weighted by Crippen LogP contribution is 2.26. The quantitative estimate of drug-likeness (QED) is 0.727. The number of ether oxygens (including phenoxy) is 1. The highest BCUT2D eigenvalue weighted by atomic mass is 32.2. The second-order valence-electron chi connectivity index (χ2n) is 7.76. The Balaban J connectivity index is 1.69. The molecule has 0 radical (unpaired) electrons. The molecule has 2 atom stereocenters. The van der Waals surface area contributed by atoms with E-state index in [0.29, 0.717) is 19.4 Å². The highest BCUT2D eigenvalue weighted by Gasteiger charge is 2.33. The van der Waals surface area contributed by atoms with Gasteiger partial charge in [-0.15, -0.1) is 0 Å². The fourth-order valence-electron chi connectivity index (χ4n) is 3.78. The van der Waals surface area contributed by atoms with E-state index in [1.165, 1.54) is 4.31 Å². The zero-order valence-electron chi connectivity index (χ0n) is 17.8. The molecule has 0 bridgehead atoms. The molecule has 162 valence electrons. The first kappa shape index (κ1) is 22.3. The van der Waals surface area contributed by atoms with E-state index in [4.69, 9.17) is 4.74 Å². The second kappa shape index (κ2) is 9.62. The van der Waals surface area contributed by atoms with Crippen LogP contribution in [0, 0.1) is 12.8 Å². The van der Waals surface area contributed by atoms with Crippen molar-refractivity contribution in [3.05, 3.63) is 59.7 Å². The number of nitrogens with zero attached hydrogens (tertiary/aromatic N) is 1. The van der Waals surface area contributed by atoms with E-state index < -0.39 is 10.0 Å². The smallest absolute Gasteiger partial charge is 0.243 e. The van der Waals surface area contributed by atoms with Crippen LogP contribution in [0.3, 0.4) is 0 Å². The van der Waals surface area contributed by atoms with Crippen LogP contribution in [0.1, 0.15) is 43.4 Å². The van der Waals surface area contributed by atoms with Gasteiger partial charge in [-0.25, -0.2) is 8.42 Å². The zero-order valence-corrected chi connectivity index (χ0v) is 18.6. The van der Waals surface area contributed by atoms with Crippen LogP contribution in [-0.4, -0.2) is 38.8 Å². The minimum atomic E-state index is -3.60. The molecule has 1 N–H and O–H groups in total. The fourth-order valence-corrected chi connectivity index (χ4v) is 5.30. The Morgan fingerprint density at radius 2 is 1.83 bits per heavy atom. The Morgan fingerprint density at radius 1 is 1.17 bits per heavy atom. The molecule has 30 heavy (non-hydrogen) atoms. The Hall–Kier alpha value is -2.38. The van der Waals surface area contributed by atoms with E-state index in [1.54, 1.807) is 31.4 Å². The minimum absolute atomic E-state index is 0.0959. The van der Waals surface area contributed by atoms with E-state index in [-0.39, 0.29) is 29.3 Å². The summed E-state index contributed by atoms with van der Waals surface area (Å²) in [5.41, 5.74) is 2.01. The summed E-state index contributed by atoms with van der Waals surface area (Å²) in [6.45, 7) is 4.59. The van der Waals surface area contributed by atoms with Crippen LogP contribution < -0.4 is 10.1 Å². The van der Waals surface area contributed by atoms with Gasteiger partial charge in [0.15, 0.2) is 0 Å². The number of benzene rings is 2. The number of amides is 1. The summed E-state index contributed by atoms with van der Waals surface area (Å²) in [5.74, 6) is 0.317. The van der Waals surface area contributed by atoms with Crippen molar-refractivity contribution in [3.63, 3.8) is 0 Å². The number of nitrogens with one attached hydrogen (secondary N) is 1. The molecule has 1 amide bonds. The van der Waals surface area contributed by atoms with Gasteiger partial charge in [0.2, 0.25) is 15.9 Å². The van der Waals surface area contributed by atoms with Crippen molar-refractivity contribution >= 4 is 15.9 Å². The number of rotatable bonds is 7. The molecule has 1 heterocycles. The van der Waals surface area contributed by atoms with Crippen LogP contribution in [0.2, 0.25) is 0 Å². The minimum Gasteiger partial charge on any atom is -0.497 e. The molecule has 3 rings (SSSR count). The fraction of sp³-hybridized carbons (Fsp3) is 0.435. The van der Waals surface area contributed by atoms with Crippen LogP contribution in [-0.2, 0) is 14.8 Å². The molecule has 2 aromatic carbocycles. The number of sulfonamides is 1. The summed E-state index contributed by atoms with van der Waals surface area (Å²) in [7, 11) is -1.98. The monoisotopic (exact) mass is 430 g/mol. The second-order valence-corrected chi connectivity index (χ2v) is 9.70. The van der Waals surface area contributed by atoms with Crippen LogP contribution in [0.25, 0.3) is 0 Å². The molecule has 0 aromatic heterocycles. The lowest BCUT2D eigenvalue weighted by Gasteiger charge is -2.32. The SMILES string of the molecule is CC[C@H](NC(=O)[C@H]1CCCN(S(=O)(=O)c2ccc(C)cc2)C1)c1ccc(OC)cc1. The van der Waals surface area contributed by atoms with E-state index in [2.05, 4.69) is 5.32 Å². The number of piperidine rings is 1. The Morgan fingerprint density at radius 3 is 2.43 bits per heavy atom. The van der Waals surface area contributed by atoms with Gasteiger partial charge in [-0.3, -0.25) is 4.79 Å². The molecular formula is C23H30N2O4S. The van der Waals surface area contributed by atoms with Gasteiger partial charge in [0.1, 0.15) is 5.75 Å². The van der Waals surface area contributed by atoms with Crippen molar-refractivity contribution in [2.24, 2.45) is 5.92 Å². The predicted octanol–water partition coefficient (Wildman–Crippen LogP) is 3.67. The van der Waals surface area contributed by atoms with Crippen LogP contribution in [0.5, 0.6) is 5.75 Å². The molecule has 0 aliphatic carbocycles. The van der Waals surface area contributed by atoms with Crippen molar-refractivity contribution in [2.75, 3.05) is 20.2 Å². The molecular weight excluding hydrogens is 400 g/mol. The normalized spacial score (nSPS) is 18.6. The average Bonchev–Trinajstić information content (AvgIpc) is 2.77. The topological polar surface area (TPSA) is 75.7 Å². The lowest BCUT2D eigenvalue weighted by Crippen LogP contribution is -2.46. The first-order valence-corrected chi connectivity index (χ1v) is 11.8. The summed E-state index contributed by atoms with van der Waals surface area (Å²) in [6, 6.07) is 14.4. The van der Waals surface area contributed by atoms with Crippen molar-refractivity contribution < 1.29 is 17.9 Å². The molecule has 7 heteroatoms. The average molecular weight is 431 g/mol. The summed E-state index contributed by atoms with van der Waals surface area (Å²) >= 11 is 0. The van der Waals surface area contributed by atoms with E-state index in [1.807, 2.05) is 38.1 Å². The third-order valence-electron chi connectivity index (χ3n) is 5.66. The zero-order chi connectivity index (χ0) is 21.7. The lowest BCUT2D eigenvalue weighted by atomic mass is 9.97. The highest BCUT2D eigenvalue weighted by molar-refractivity contribution is 7.89. The van der Waals surface area contributed by atoms with Gasteiger partial charge in [-0.1, -0.05) is 36.8 Å². The maximum absolute atomic E-state index is 13.0. The predicted molar refractivity (Wildman–Crippen MR) is 117 cm³/mol. The first-order valence-electron chi connectivity index (χ1n) is 10.4. The lowest BCUT2D eigenvalue weighted by molar-refractivity contribution is -0.126. The van der Waals surface area contributed by atoms with E-state index in [9.17, 15) is 13.2 Å². The largest absolute Gasteiger partial charge is 0.497 e. The van der Waals surface area contributed by atoms with Gasteiger partial charge in [0.25, 0.3) is 0 Å². The van der Waals surface area contributed by atoms with Crippen LogP contribution in [0.15, 0.2) is 53.4 Å². The van der Waals surface area contributed by atoms with Crippen molar-refractivity contribution in [2.45, 2.75) is 44.0 Å².